The number of benzene rings is 1. The summed E-state index contributed by atoms with van der Waals surface area (Å²) in [4.78, 5) is 9.79. The average Bonchev–Trinajstić information content (AvgIpc) is 2.19. The molecule has 0 heterocycles. The molecule has 13 heavy (non-hydrogen) atoms. The van der Waals surface area contributed by atoms with E-state index in [0.29, 0.717) is 6.54 Å². The van der Waals surface area contributed by atoms with Crippen LogP contribution in [0.2, 0.25) is 0 Å². The normalized spacial score (nSPS) is 9.54. The number of rotatable bonds is 6. The molecule has 2 nitrogen and oxygen atoms in total. The molecule has 0 fully saturated rings. The topological polar surface area (TPSA) is 29.1 Å². The van der Waals surface area contributed by atoms with Crippen LogP contribution in [0.4, 0.5) is 0 Å². The van der Waals surface area contributed by atoms with Crippen LogP contribution >= 0.6 is 11.8 Å². The molecule has 69 valence electrons. The van der Waals surface area contributed by atoms with Gasteiger partial charge in [-0.2, -0.15) is 11.8 Å². The standard InChI is InChI=1S/C10H12NOS/c12-9-11-6-7-13-8-10-4-2-1-3-5-10/h1-5H,6-8H2,(H,11,12). The molecular formula is C10H12NOS. The first-order valence-corrected chi connectivity index (χ1v) is 5.30. The number of thioether (sulfide) groups is 1. The van der Waals surface area contributed by atoms with Gasteiger partial charge in [0.15, 0.2) is 0 Å². The fourth-order valence-electron chi connectivity index (χ4n) is 0.938. The minimum Gasteiger partial charge on any atom is -0.347 e. The summed E-state index contributed by atoms with van der Waals surface area (Å²) in [6, 6.07) is 10.3. The van der Waals surface area contributed by atoms with Gasteiger partial charge < -0.3 is 5.32 Å². The van der Waals surface area contributed by atoms with Crippen LogP contribution in [-0.4, -0.2) is 18.7 Å². The molecule has 0 aliphatic rings. The fraction of sp³-hybridized carbons (Fsp3) is 0.300. The van der Waals surface area contributed by atoms with Crippen molar-refractivity contribution < 1.29 is 4.79 Å². The molecule has 0 aromatic heterocycles. The fourth-order valence-corrected chi connectivity index (χ4v) is 1.76. The van der Waals surface area contributed by atoms with E-state index in [4.69, 9.17) is 0 Å². The van der Waals surface area contributed by atoms with Crippen LogP contribution in [0.15, 0.2) is 30.3 Å². The molecule has 1 aromatic carbocycles. The number of hydrogen-bond donors (Lipinski definition) is 1. The van der Waals surface area contributed by atoms with E-state index in [1.807, 2.05) is 18.2 Å². The second-order valence-electron chi connectivity index (χ2n) is 2.57. The monoisotopic (exact) mass is 194 g/mol. The highest BCUT2D eigenvalue weighted by atomic mass is 32.2. The van der Waals surface area contributed by atoms with Gasteiger partial charge in [-0.3, -0.25) is 4.79 Å². The SMILES string of the molecule is O=[C]NCCSCc1ccccc1. The van der Waals surface area contributed by atoms with E-state index < -0.39 is 0 Å². The Morgan fingerprint density at radius 1 is 1.31 bits per heavy atom. The summed E-state index contributed by atoms with van der Waals surface area (Å²) in [5, 5.41) is 2.51. The van der Waals surface area contributed by atoms with E-state index in [0.717, 1.165) is 11.5 Å². The molecule has 1 amide bonds. The van der Waals surface area contributed by atoms with Gasteiger partial charge in [-0.05, 0) is 5.56 Å². The second-order valence-corrected chi connectivity index (χ2v) is 3.67. The maximum atomic E-state index is 9.79. The third-order valence-corrected chi connectivity index (χ3v) is 2.59. The molecule has 0 atom stereocenters. The maximum absolute atomic E-state index is 9.79. The summed E-state index contributed by atoms with van der Waals surface area (Å²) in [5.41, 5.74) is 1.32. The largest absolute Gasteiger partial charge is 0.347 e. The van der Waals surface area contributed by atoms with Crippen molar-refractivity contribution >= 4 is 18.2 Å². The summed E-state index contributed by atoms with van der Waals surface area (Å²) < 4.78 is 0. The van der Waals surface area contributed by atoms with E-state index in [9.17, 15) is 4.79 Å². The molecular weight excluding hydrogens is 182 g/mol. The van der Waals surface area contributed by atoms with Gasteiger partial charge in [0.1, 0.15) is 0 Å². The van der Waals surface area contributed by atoms with Crippen LogP contribution in [0.5, 0.6) is 0 Å². The average molecular weight is 194 g/mol. The third-order valence-electron chi connectivity index (χ3n) is 1.56. The second kappa shape index (κ2) is 6.54. The van der Waals surface area contributed by atoms with Gasteiger partial charge in [0.2, 0.25) is 0 Å². The van der Waals surface area contributed by atoms with E-state index in [1.165, 1.54) is 5.56 Å². The highest BCUT2D eigenvalue weighted by Crippen LogP contribution is 2.10. The number of hydrogen-bond acceptors (Lipinski definition) is 2. The zero-order valence-corrected chi connectivity index (χ0v) is 8.14. The Morgan fingerprint density at radius 2 is 2.08 bits per heavy atom. The lowest BCUT2D eigenvalue weighted by molar-refractivity contribution is 0.544. The van der Waals surface area contributed by atoms with E-state index in [2.05, 4.69) is 17.4 Å². The molecule has 0 unspecified atom stereocenters. The Hall–Kier alpha value is -0.960. The first-order valence-electron chi connectivity index (χ1n) is 4.15. The van der Waals surface area contributed by atoms with Gasteiger partial charge in [0.25, 0.3) is 0 Å². The van der Waals surface area contributed by atoms with Gasteiger partial charge in [-0.1, -0.05) is 30.3 Å². The molecule has 0 spiro atoms. The zero-order valence-electron chi connectivity index (χ0n) is 7.32. The molecule has 0 saturated heterocycles. The number of carbonyl (C=O) groups excluding carboxylic acids is 1. The Kier molecular flexibility index (Phi) is 5.10. The van der Waals surface area contributed by atoms with Crippen molar-refractivity contribution in [2.45, 2.75) is 5.75 Å². The van der Waals surface area contributed by atoms with Crippen molar-refractivity contribution in [3.8, 4) is 0 Å². The van der Waals surface area contributed by atoms with Crippen LogP contribution in [0.1, 0.15) is 5.56 Å². The Labute approximate surface area is 82.7 Å². The quantitative estimate of drug-likeness (QED) is 0.550. The predicted octanol–water partition coefficient (Wildman–Crippen LogP) is 1.58. The number of amides is 1. The molecule has 1 aromatic rings. The van der Waals surface area contributed by atoms with E-state index in [-0.39, 0.29) is 0 Å². The molecule has 0 aliphatic heterocycles. The summed E-state index contributed by atoms with van der Waals surface area (Å²) in [6.45, 7) is 0.695. The van der Waals surface area contributed by atoms with Crippen LogP contribution in [0.3, 0.4) is 0 Å². The molecule has 1 N–H and O–H groups in total. The van der Waals surface area contributed by atoms with E-state index in [1.54, 1.807) is 18.2 Å². The third kappa shape index (κ3) is 4.58. The van der Waals surface area contributed by atoms with Crippen molar-refractivity contribution in [3.05, 3.63) is 35.9 Å². The van der Waals surface area contributed by atoms with Crippen LogP contribution in [0, 0.1) is 0 Å². The molecule has 1 rings (SSSR count). The van der Waals surface area contributed by atoms with Crippen LogP contribution in [0.25, 0.3) is 0 Å². The molecule has 0 aliphatic carbocycles. The molecule has 3 heteroatoms. The van der Waals surface area contributed by atoms with Crippen LogP contribution in [-0.2, 0) is 10.5 Å². The summed E-state index contributed by atoms with van der Waals surface area (Å²) >= 11 is 1.80. The summed E-state index contributed by atoms with van der Waals surface area (Å²) in [7, 11) is 0. The van der Waals surface area contributed by atoms with Crippen molar-refractivity contribution in [1.29, 1.82) is 0 Å². The first kappa shape index (κ1) is 10.1. The minimum absolute atomic E-state index is 0.695. The van der Waals surface area contributed by atoms with Crippen molar-refractivity contribution in [2.75, 3.05) is 12.3 Å². The number of nitrogens with one attached hydrogen (secondary N) is 1. The Balaban J connectivity index is 2.10. The Morgan fingerprint density at radius 3 is 2.77 bits per heavy atom. The maximum Gasteiger partial charge on any atom is 0.309 e. The lowest BCUT2D eigenvalue weighted by atomic mass is 10.2. The zero-order chi connectivity index (χ0) is 9.36. The van der Waals surface area contributed by atoms with Gasteiger partial charge in [0.05, 0.1) is 0 Å². The molecule has 0 saturated carbocycles. The van der Waals surface area contributed by atoms with Crippen molar-refractivity contribution in [1.82, 2.24) is 5.32 Å². The van der Waals surface area contributed by atoms with Gasteiger partial charge in [0, 0.05) is 18.1 Å². The predicted molar refractivity (Wildman–Crippen MR) is 56.3 cm³/mol. The lowest BCUT2D eigenvalue weighted by Gasteiger charge is -2.00. The highest BCUT2D eigenvalue weighted by molar-refractivity contribution is 7.98. The summed E-state index contributed by atoms with van der Waals surface area (Å²) in [6.07, 6.45) is 1.65. The minimum atomic E-state index is 0.695. The van der Waals surface area contributed by atoms with Crippen molar-refractivity contribution in [3.63, 3.8) is 0 Å². The van der Waals surface area contributed by atoms with Gasteiger partial charge in [-0.15, -0.1) is 0 Å². The molecule has 1 radical (unpaired) electrons. The van der Waals surface area contributed by atoms with E-state index >= 15 is 0 Å². The smallest absolute Gasteiger partial charge is 0.309 e. The Bertz CT molecular complexity index is 238. The first-order chi connectivity index (χ1) is 6.43. The van der Waals surface area contributed by atoms with Gasteiger partial charge in [-0.25, -0.2) is 0 Å². The molecule has 0 bridgehead atoms. The van der Waals surface area contributed by atoms with Crippen molar-refractivity contribution in [2.24, 2.45) is 0 Å². The lowest BCUT2D eigenvalue weighted by Crippen LogP contribution is -2.13. The van der Waals surface area contributed by atoms with Crippen LogP contribution < -0.4 is 5.32 Å². The summed E-state index contributed by atoms with van der Waals surface area (Å²) in [5.74, 6) is 1.94. The highest BCUT2D eigenvalue weighted by Gasteiger charge is 1.91. The van der Waals surface area contributed by atoms with Gasteiger partial charge >= 0.3 is 6.41 Å².